The lowest BCUT2D eigenvalue weighted by molar-refractivity contribution is 1.00. The van der Waals surface area contributed by atoms with Gasteiger partial charge < -0.3 is 11.1 Å². The number of hydrogen-bond donors (Lipinski definition) is 2. The second-order valence-corrected chi connectivity index (χ2v) is 3.80. The molecule has 0 radical (unpaired) electrons. The SMILES string of the molecule is Cc1csc(NC2CC2N)n1. The van der Waals surface area contributed by atoms with Gasteiger partial charge in [0, 0.05) is 17.5 Å². The second-order valence-electron chi connectivity index (χ2n) is 2.94. The number of nitrogens with one attached hydrogen (secondary N) is 1. The van der Waals surface area contributed by atoms with E-state index in [9.17, 15) is 0 Å². The maximum atomic E-state index is 5.64. The molecule has 1 aromatic rings. The molecule has 0 saturated heterocycles. The first kappa shape index (κ1) is 7.06. The molecule has 0 spiro atoms. The molecule has 60 valence electrons. The van der Waals surface area contributed by atoms with Crippen LogP contribution in [0.4, 0.5) is 5.13 Å². The summed E-state index contributed by atoms with van der Waals surface area (Å²) in [7, 11) is 0. The van der Waals surface area contributed by atoms with E-state index < -0.39 is 0 Å². The molecule has 0 aromatic carbocycles. The van der Waals surface area contributed by atoms with Crippen molar-refractivity contribution in [3.63, 3.8) is 0 Å². The molecule has 1 fully saturated rings. The minimum Gasteiger partial charge on any atom is -0.357 e. The summed E-state index contributed by atoms with van der Waals surface area (Å²) >= 11 is 1.64. The van der Waals surface area contributed by atoms with Gasteiger partial charge in [-0.25, -0.2) is 4.98 Å². The molecule has 1 aliphatic carbocycles. The Morgan fingerprint density at radius 3 is 3.00 bits per heavy atom. The predicted octanol–water partition coefficient (Wildman–Crippen LogP) is 0.963. The summed E-state index contributed by atoms with van der Waals surface area (Å²) < 4.78 is 0. The van der Waals surface area contributed by atoms with Crippen molar-refractivity contribution in [1.29, 1.82) is 0 Å². The smallest absolute Gasteiger partial charge is 0.183 e. The van der Waals surface area contributed by atoms with E-state index in [1.165, 1.54) is 0 Å². The first-order valence-electron chi connectivity index (χ1n) is 3.70. The van der Waals surface area contributed by atoms with Crippen LogP contribution in [0.3, 0.4) is 0 Å². The first-order valence-corrected chi connectivity index (χ1v) is 4.58. The number of aryl methyl sites for hydroxylation is 1. The van der Waals surface area contributed by atoms with Crippen LogP contribution in [-0.2, 0) is 0 Å². The Kier molecular flexibility index (Phi) is 1.58. The van der Waals surface area contributed by atoms with Gasteiger partial charge in [0.15, 0.2) is 5.13 Å². The molecule has 3 N–H and O–H groups in total. The highest BCUT2D eigenvalue weighted by Gasteiger charge is 2.33. The zero-order valence-electron chi connectivity index (χ0n) is 6.37. The van der Waals surface area contributed by atoms with Crippen LogP contribution >= 0.6 is 11.3 Å². The van der Waals surface area contributed by atoms with Crippen molar-refractivity contribution < 1.29 is 0 Å². The number of thiazole rings is 1. The molecule has 3 nitrogen and oxygen atoms in total. The van der Waals surface area contributed by atoms with Crippen molar-refractivity contribution in [1.82, 2.24) is 4.98 Å². The summed E-state index contributed by atoms with van der Waals surface area (Å²) in [6.07, 6.45) is 1.08. The third kappa shape index (κ3) is 1.52. The second kappa shape index (κ2) is 2.46. The molecule has 4 heteroatoms. The van der Waals surface area contributed by atoms with Crippen molar-refractivity contribution in [2.75, 3.05) is 5.32 Å². The van der Waals surface area contributed by atoms with Crippen LogP contribution in [0.5, 0.6) is 0 Å². The largest absolute Gasteiger partial charge is 0.357 e. The van der Waals surface area contributed by atoms with Gasteiger partial charge in [0.25, 0.3) is 0 Å². The van der Waals surface area contributed by atoms with Crippen LogP contribution in [0.25, 0.3) is 0 Å². The van der Waals surface area contributed by atoms with Crippen LogP contribution in [0, 0.1) is 6.92 Å². The maximum Gasteiger partial charge on any atom is 0.183 e. The molecule has 1 aromatic heterocycles. The Morgan fingerprint density at radius 2 is 2.55 bits per heavy atom. The summed E-state index contributed by atoms with van der Waals surface area (Å²) in [4.78, 5) is 4.28. The lowest BCUT2D eigenvalue weighted by Gasteiger charge is -1.96. The van der Waals surface area contributed by atoms with Crippen LogP contribution < -0.4 is 11.1 Å². The zero-order valence-corrected chi connectivity index (χ0v) is 7.19. The number of nitrogens with zero attached hydrogens (tertiary/aromatic N) is 1. The number of anilines is 1. The van der Waals surface area contributed by atoms with Gasteiger partial charge in [-0.15, -0.1) is 11.3 Å². The molecule has 2 rings (SSSR count). The number of nitrogens with two attached hydrogens (primary N) is 1. The third-order valence-corrected chi connectivity index (χ3v) is 2.66. The maximum absolute atomic E-state index is 5.64. The van der Waals surface area contributed by atoms with Crippen molar-refractivity contribution in [3.8, 4) is 0 Å². The standard InChI is InChI=1S/C7H11N3S/c1-4-3-11-7(9-4)10-6-2-5(6)8/h3,5-6H,2,8H2,1H3,(H,9,10). The van der Waals surface area contributed by atoms with Crippen LogP contribution in [0.2, 0.25) is 0 Å². The van der Waals surface area contributed by atoms with E-state index in [1.54, 1.807) is 11.3 Å². The van der Waals surface area contributed by atoms with E-state index >= 15 is 0 Å². The summed E-state index contributed by atoms with van der Waals surface area (Å²) in [6, 6.07) is 0.819. The third-order valence-electron chi connectivity index (χ3n) is 1.77. The van der Waals surface area contributed by atoms with Gasteiger partial charge in [0.05, 0.1) is 5.69 Å². The van der Waals surface area contributed by atoms with E-state index in [1.807, 2.05) is 12.3 Å². The van der Waals surface area contributed by atoms with E-state index in [0.29, 0.717) is 12.1 Å². The van der Waals surface area contributed by atoms with Crippen LogP contribution in [-0.4, -0.2) is 17.1 Å². The zero-order chi connectivity index (χ0) is 7.84. The van der Waals surface area contributed by atoms with E-state index in [-0.39, 0.29) is 0 Å². The van der Waals surface area contributed by atoms with Crippen LogP contribution in [0.15, 0.2) is 5.38 Å². The van der Waals surface area contributed by atoms with Gasteiger partial charge >= 0.3 is 0 Å². The van der Waals surface area contributed by atoms with Crippen molar-refractivity contribution in [2.45, 2.75) is 25.4 Å². The molecule has 0 aliphatic heterocycles. The highest BCUT2D eigenvalue weighted by Crippen LogP contribution is 2.25. The van der Waals surface area contributed by atoms with Gasteiger partial charge in [0.2, 0.25) is 0 Å². The molecule has 2 unspecified atom stereocenters. The summed E-state index contributed by atoms with van der Waals surface area (Å²) in [5, 5.41) is 6.31. The minimum atomic E-state index is 0.346. The molecule has 1 saturated carbocycles. The Morgan fingerprint density at radius 1 is 1.82 bits per heavy atom. The molecule has 0 amide bonds. The molecular weight excluding hydrogens is 158 g/mol. The average molecular weight is 169 g/mol. The fraction of sp³-hybridized carbons (Fsp3) is 0.571. The molecule has 1 heterocycles. The van der Waals surface area contributed by atoms with E-state index in [4.69, 9.17) is 5.73 Å². The fourth-order valence-electron chi connectivity index (χ4n) is 0.959. The Hall–Kier alpha value is -0.610. The van der Waals surface area contributed by atoms with Crippen molar-refractivity contribution >= 4 is 16.5 Å². The van der Waals surface area contributed by atoms with Crippen LogP contribution in [0.1, 0.15) is 12.1 Å². The Bertz CT molecular complexity index is 258. The normalized spacial score (nSPS) is 28.5. The molecular formula is C7H11N3S. The monoisotopic (exact) mass is 169 g/mol. The first-order chi connectivity index (χ1) is 5.25. The van der Waals surface area contributed by atoms with Gasteiger partial charge in [0.1, 0.15) is 0 Å². The summed E-state index contributed by atoms with van der Waals surface area (Å²) in [6.45, 7) is 1.99. The lowest BCUT2D eigenvalue weighted by atomic mass is 10.6. The average Bonchev–Trinajstić information content (AvgIpc) is 2.42. The van der Waals surface area contributed by atoms with Gasteiger partial charge in [-0.2, -0.15) is 0 Å². The van der Waals surface area contributed by atoms with Crippen molar-refractivity contribution in [2.24, 2.45) is 5.73 Å². The van der Waals surface area contributed by atoms with E-state index in [2.05, 4.69) is 10.3 Å². The van der Waals surface area contributed by atoms with Gasteiger partial charge in [-0.1, -0.05) is 0 Å². The molecule has 0 bridgehead atoms. The molecule has 2 atom stereocenters. The van der Waals surface area contributed by atoms with Gasteiger partial charge in [-0.3, -0.25) is 0 Å². The highest BCUT2D eigenvalue weighted by molar-refractivity contribution is 7.13. The predicted molar refractivity (Wildman–Crippen MR) is 46.9 cm³/mol. The van der Waals surface area contributed by atoms with Crippen molar-refractivity contribution in [3.05, 3.63) is 11.1 Å². The molecule has 1 aliphatic rings. The quantitative estimate of drug-likeness (QED) is 0.693. The Balaban J connectivity index is 1.96. The lowest BCUT2D eigenvalue weighted by Crippen LogP contribution is -2.12. The number of hydrogen-bond acceptors (Lipinski definition) is 4. The van der Waals surface area contributed by atoms with Gasteiger partial charge in [-0.05, 0) is 13.3 Å². The number of aromatic nitrogens is 1. The molecule has 11 heavy (non-hydrogen) atoms. The fourth-order valence-corrected chi connectivity index (χ4v) is 1.71. The number of rotatable bonds is 2. The minimum absolute atomic E-state index is 0.346. The topological polar surface area (TPSA) is 50.9 Å². The summed E-state index contributed by atoms with van der Waals surface area (Å²) in [5.74, 6) is 0. The Labute approximate surface area is 69.6 Å². The highest BCUT2D eigenvalue weighted by atomic mass is 32.1. The van der Waals surface area contributed by atoms with E-state index in [0.717, 1.165) is 17.2 Å². The summed E-state index contributed by atoms with van der Waals surface area (Å²) in [5.41, 5.74) is 6.71.